The number of anilines is 1. The topological polar surface area (TPSA) is 38.3 Å². The van der Waals surface area contributed by atoms with Gasteiger partial charge in [-0.15, -0.1) is 0 Å². The standard InChI is InChI=1S/C27H33NO2/c1-20(2)8-7-9-21(3)16-17-28-25-15-14-22-18-24(13-12-23(22)19-25)27(29)30-26-10-5-4-6-11-26/h4-6,10-15,18-21,28H,7-9,16-17H2,1-3H3/t21-/m1/s1. The summed E-state index contributed by atoms with van der Waals surface area (Å²) in [7, 11) is 0. The molecule has 158 valence electrons. The Morgan fingerprint density at radius 2 is 1.60 bits per heavy atom. The molecule has 0 amide bonds. The van der Waals surface area contributed by atoms with Gasteiger partial charge in [0, 0.05) is 12.2 Å². The fourth-order valence-electron chi connectivity index (χ4n) is 3.62. The minimum atomic E-state index is -0.336. The smallest absolute Gasteiger partial charge is 0.343 e. The third kappa shape index (κ3) is 6.62. The van der Waals surface area contributed by atoms with Crippen molar-refractivity contribution in [1.29, 1.82) is 0 Å². The normalized spacial score (nSPS) is 12.1. The molecule has 0 heterocycles. The van der Waals surface area contributed by atoms with Crippen LogP contribution in [-0.2, 0) is 0 Å². The summed E-state index contributed by atoms with van der Waals surface area (Å²) in [5, 5.41) is 5.69. The van der Waals surface area contributed by atoms with Crippen molar-refractivity contribution in [2.24, 2.45) is 11.8 Å². The molecule has 3 aromatic carbocycles. The first kappa shape index (κ1) is 21.9. The lowest BCUT2D eigenvalue weighted by Crippen LogP contribution is -2.08. The molecular formula is C27H33NO2. The number of esters is 1. The number of ether oxygens (including phenoxy) is 1. The van der Waals surface area contributed by atoms with Gasteiger partial charge < -0.3 is 10.1 Å². The molecule has 0 saturated heterocycles. The summed E-state index contributed by atoms with van der Waals surface area (Å²) in [6, 6.07) is 21.1. The SMILES string of the molecule is CC(C)CCC[C@@H](C)CCNc1ccc2cc(C(=O)Oc3ccccc3)ccc2c1. The summed E-state index contributed by atoms with van der Waals surface area (Å²) >= 11 is 0. The van der Waals surface area contributed by atoms with Crippen LogP contribution in [0, 0.1) is 11.8 Å². The maximum Gasteiger partial charge on any atom is 0.343 e. The molecule has 3 nitrogen and oxygen atoms in total. The van der Waals surface area contributed by atoms with Gasteiger partial charge in [-0.25, -0.2) is 4.79 Å². The average Bonchev–Trinajstić information content (AvgIpc) is 2.73. The van der Waals surface area contributed by atoms with Gasteiger partial charge in [-0.2, -0.15) is 0 Å². The van der Waals surface area contributed by atoms with Crippen LogP contribution in [0.3, 0.4) is 0 Å². The predicted octanol–water partition coefficient (Wildman–Crippen LogP) is 7.32. The number of hydrogen-bond donors (Lipinski definition) is 1. The van der Waals surface area contributed by atoms with E-state index >= 15 is 0 Å². The van der Waals surface area contributed by atoms with E-state index in [4.69, 9.17) is 4.74 Å². The van der Waals surface area contributed by atoms with Crippen LogP contribution < -0.4 is 10.1 Å². The molecule has 0 fully saturated rings. The highest BCUT2D eigenvalue weighted by Crippen LogP contribution is 2.22. The van der Waals surface area contributed by atoms with E-state index in [1.807, 2.05) is 36.4 Å². The monoisotopic (exact) mass is 403 g/mol. The van der Waals surface area contributed by atoms with Crippen molar-refractivity contribution in [3.05, 3.63) is 72.3 Å². The lowest BCUT2D eigenvalue weighted by atomic mass is 9.97. The molecule has 0 aliphatic heterocycles. The second-order valence-corrected chi connectivity index (χ2v) is 8.62. The molecule has 3 rings (SSSR count). The number of fused-ring (bicyclic) bond motifs is 1. The van der Waals surface area contributed by atoms with Gasteiger partial charge in [-0.1, -0.05) is 70.4 Å². The zero-order chi connectivity index (χ0) is 21.3. The van der Waals surface area contributed by atoms with Crippen molar-refractivity contribution in [2.75, 3.05) is 11.9 Å². The van der Waals surface area contributed by atoms with Crippen LogP contribution in [-0.4, -0.2) is 12.5 Å². The number of carbonyl (C=O) groups is 1. The lowest BCUT2D eigenvalue weighted by molar-refractivity contribution is 0.0735. The van der Waals surface area contributed by atoms with Gasteiger partial charge in [-0.3, -0.25) is 0 Å². The molecule has 0 saturated carbocycles. The molecule has 3 aromatic rings. The Labute approximate surface area is 180 Å². The Balaban J connectivity index is 1.54. The molecule has 30 heavy (non-hydrogen) atoms. The minimum Gasteiger partial charge on any atom is -0.423 e. The average molecular weight is 404 g/mol. The minimum absolute atomic E-state index is 0.336. The van der Waals surface area contributed by atoms with Gasteiger partial charge in [0.25, 0.3) is 0 Å². The van der Waals surface area contributed by atoms with E-state index < -0.39 is 0 Å². The van der Waals surface area contributed by atoms with Crippen LogP contribution in [0.15, 0.2) is 66.7 Å². The van der Waals surface area contributed by atoms with Crippen molar-refractivity contribution >= 4 is 22.4 Å². The van der Waals surface area contributed by atoms with E-state index in [1.54, 1.807) is 12.1 Å². The summed E-state index contributed by atoms with van der Waals surface area (Å²) in [4.78, 5) is 12.4. The number of rotatable bonds is 10. The molecule has 1 atom stereocenters. The molecular weight excluding hydrogens is 370 g/mol. The van der Waals surface area contributed by atoms with Gasteiger partial charge in [0.15, 0.2) is 0 Å². The first-order valence-electron chi connectivity index (χ1n) is 11.1. The Morgan fingerprint density at radius 1 is 0.867 bits per heavy atom. The highest BCUT2D eigenvalue weighted by Gasteiger charge is 2.10. The van der Waals surface area contributed by atoms with Gasteiger partial charge in [-0.05, 0) is 65.4 Å². The highest BCUT2D eigenvalue weighted by molar-refractivity contribution is 5.97. The quantitative estimate of drug-likeness (QED) is 0.284. The second kappa shape index (κ2) is 10.8. The fraction of sp³-hybridized carbons (Fsp3) is 0.370. The molecule has 0 aliphatic rings. The molecule has 0 unspecified atom stereocenters. The Hall–Kier alpha value is -2.81. The third-order valence-corrected chi connectivity index (χ3v) is 5.47. The van der Waals surface area contributed by atoms with Crippen molar-refractivity contribution in [2.45, 2.75) is 46.5 Å². The predicted molar refractivity (Wildman–Crippen MR) is 126 cm³/mol. The van der Waals surface area contributed by atoms with Crippen LogP contribution in [0.5, 0.6) is 5.75 Å². The zero-order valence-corrected chi connectivity index (χ0v) is 18.4. The summed E-state index contributed by atoms with van der Waals surface area (Å²) in [6.45, 7) is 7.91. The van der Waals surface area contributed by atoms with Crippen LogP contribution in [0.4, 0.5) is 5.69 Å². The van der Waals surface area contributed by atoms with E-state index in [9.17, 15) is 4.79 Å². The summed E-state index contributed by atoms with van der Waals surface area (Å²) in [6.07, 6.45) is 5.13. The van der Waals surface area contributed by atoms with E-state index in [0.717, 1.165) is 34.8 Å². The van der Waals surface area contributed by atoms with E-state index in [-0.39, 0.29) is 5.97 Å². The Morgan fingerprint density at radius 3 is 2.37 bits per heavy atom. The van der Waals surface area contributed by atoms with Gasteiger partial charge in [0.1, 0.15) is 5.75 Å². The Bertz CT molecular complexity index is 949. The van der Waals surface area contributed by atoms with Crippen LogP contribution in [0.25, 0.3) is 10.8 Å². The van der Waals surface area contributed by atoms with Crippen molar-refractivity contribution in [3.8, 4) is 5.75 Å². The van der Waals surface area contributed by atoms with Crippen LogP contribution in [0.1, 0.15) is 56.8 Å². The first-order valence-corrected chi connectivity index (χ1v) is 11.1. The van der Waals surface area contributed by atoms with Crippen LogP contribution in [0.2, 0.25) is 0 Å². The number of hydrogen-bond acceptors (Lipinski definition) is 3. The number of benzene rings is 3. The number of nitrogens with one attached hydrogen (secondary N) is 1. The zero-order valence-electron chi connectivity index (χ0n) is 18.4. The van der Waals surface area contributed by atoms with Crippen molar-refractivity contribution in [1.82, 2.24) is 0 Å². The van der Waals surface area contributed by atoms with E-state index in [1.165, 1.54) is 25.7 Å². The van der Waals surface area contributed by atoms with E-state index in [0.29, 0.717) is 11.3 Å². The molecule has 0 radical (unpaired) electrons. The molecule has 1 N–H and O–H groups in total. The molecule has 0 bridgehead atoms. The largest absolute Gasteiger partial charge is 0.423 e. The van der Waals surface area contributed by atoms with Gasteiger partial charge in [0.2, 0.25) is 0 Å². The molecule has 0 aromatic heterocycles. The van der Waals surface area contributed by atoms with Gasteiger partial charge in [0.05, 0.1) is 5.56 Å². The number of carbonyl (C=O) groups excluding carboxylic acids is 1. The van der Waals surface area contributed by atoms with Crippen LogP contribution >= 0.6 is 0 Å². The molecule has 0 aliphatic carbocycles. The lowest BCUT2D eigenvalue weighted by Gasteiger charge is -2.14. The molecule has 0 spiro atoms. The highest BCUT2D eigenvalue weighted by atomic mass is 16.5. The van der Waals surface area contributed by atoms with E-state index in [2.05, 4.69) is 44.3 Å². The van der Waals surface area contributed by atoms with Crippen molar-refractivity contribution < 1.29 is 9.53 Å². The molecule has 3 heteroatoms. The second-order valence-electron chi connectivity index (χ2n) is 8.62. The maximum atomic E-state index is 12.4. The van der Waals surface area contributed by atoms with Gasteiger partial charge >= 0.3 is 5.97 Å². The summed E-state index contributed by atoms with van der Waals surface area (Å²) in [5.41, 5.74) is 1.68. The van der Waals surface area contributed by atoms with Crippen molar-refractivity contribution in [3.63, 3.8) is 0 Å². The maximum absolute atomic E-state index is 12.4. The summed E-state index contributed by atoms with van der Waals surface area (Å²) < 4.78 is 5.44. The third-order valence-electron chi connectivity index (χ3n) is 5.47. The Kier molecular flexibility index (Phi) is 7.89. The first-order chi connectivity index (χ1) is 14.5. The number of para-hydroxylation sites is 1. The fourth-order valence-corrected chi connectivity index (χ4v) is 3.62. The summed E-state index contributed by atoms with van der Waals surface area (Å²) in [5.74, 6) is 1.76.